The summed E-state index contributed by atoms with van der Waals surface area (Å²) in [7, 11) is 3.19. The minimum absolute atomic E-state index is 0.120. The first-order valence-corrected chi connectivity index (χ1v) is 9.14. The summed E-state index contributed by atoms with van der Waals surface area (Å²) in [6.45, 7) is 0. The van der Waals surface area contributed by atoms with Crippen molar-refractivity contribution >= 4 is 11.9 Å². The van der Waals surface area contributed by atoms with Crippen LogP contribution in [0.4, 0.5) is 0 Å². The van der Waals surface area contributed by atoms with E-state index in [0.717, 1.165) is 11.1 Å². The Labute approximate surface area is 168 Å². The summed E-state index contributed by atoms with van der Waals surface area (Å²) in [6.07, 6.45) is 0. The highest BCUT2D eigenvalue weighted by Crippen LogP contribution is 2.41. The lowest BCUT2D eigenvalue weighted by Crippen LogP contribution is -2.41. The van der Waals surface area contributed by atoms with Crippen LogP contribution in [0.2, 0.25) is 0 Å². The summed E-state index contributed by atoms with van der Waals surface area (Å²) in [4.78, 5) is 19.3. The zero-order valence-corrected chi connectivity index (χ0v) is 16.2. The third-order valence-electron chi connectivity index (χ3n) is 5.23. The molecule has 1 heterocycles. The first kappa shape index (κ1) is 18.6. The van der Waals surface area contributed by atoms with Crippen molar-refractivity contribution in [2.75, 3.05) is 14.2 Å². The fraction of sp³-hybridized carbons (Fsp3) is 0.130. The molecular weight excluding hydrogens is 366 g/mol. The number of aliphatic imine (C=N–C) groups is 1. The molecule has 29 heavy (non-hydrogen) atoms. The predicted octanol–water partition coefficient (Wildman–Crippen LogP) is 3.10. The first-order valence-electron chi connectivity index (χ1n) is 9.14. The van der Waals surface area contributed by atoms with Crippen LogP contribution in [0.15, 0.2) is 77.8 Å². The topological polar surface area (TPSA) is 88.2 Å². The van der Waals surface area contributed by atoms with E-state index in [9.17, 15) is 9.90 Å². The third-order valence-corrected chi connectivity index (χ3v) is 5.23. The van der Waals surface area contributed by atoms with Crippen LogP contribution in [0.3, 0.4) is 0 Å². The number of hydrogen-bond donors (Lipinski definition) is 2. The molecule has 6 heteroatoms. The van der Waals surface area contributed by atoms with Crippen LogP contribution in [0.5, 0.6) is 11.5 Å². The number of benzene rings is 3. The van der Waals surface area contributed by atoms with Gasteiger partial charge in [-0.25, -0.2) is 4.99 Å². The predicted molar refractivity (Wildman–Crippen MR) is 112 cm³/mol. The standard InChI is InChI=1S/C23H21N3O3/c1-26-21(28)23(25-22(26)24,16-8-4-3-5-9-16)17-10-6-7-15(13-17)19-14-18(29-2)11-12-20(19)27/h3-14,27H,1-2H3,(H2,24,25). The van der Waals surface area contributed by atoms with E-state index >= 15 is 0 Å². The Morgan fingerprint density at radius 3 is 2.38 bits per heavy atom. The highest BCUT2D eigenvalue weighted by Gasteiger charge is 2.49. The molecule has 0 bridgehead atoms. The average Bonchev–Trinajstić information content (AvgIpc) is 2.99. The van der Waals surface area contributed by atoms with Crippen molar-refractivity contribution in [3.8, 4) is 22.6 Å². The highest BCUT2D eigenvalue weighted by molar-refractivity contribution is 6.09. The maximum absolute atomic E-state index is 13.3. The number of likely N-dealkylation sites (N-methyl/N-ethyl adjacent to an activating group) is 1. The van der Waals surface area contributed by atoms with E-state index in [0.29, 0.717) is 16.9 Å². The van der Waals surface area contributed by atoms with Gasteiger partial charge in [0.2, 0.25) is 0 Å². The van der Waals surface area contributed by atoms with Gasteiger partial charge in [0.1, 0.15) is 11.5 Å². The molecule has 0 aromatic heterocycles. The van der Waals surface area contributed by atoms with Gasteiger partial charge in [-0.15, -0.1) is 0 Å². The second-order valence-electron chi connectivity index (χ2n) is 6.87. The Bertz CT molecular complexity index is 1110. The molecule has 6 nitrogen and oxygen atoms in total. The van der Waals surface area contributed by atoms with Crippen molar-refractivity contribution in [3.63, 3.8) is 0 Å². The van der Waals surface area contributed by atoms with E-state index in [-0.39, 0.29) is 17.6 Å². The summed E-state index contributed by atoms with van der Waals surface area (Å²) in [5.74, 6) is 0.677. The van der Waals surface area contributed by atoms with Crippen LogP contribution in [-0.4, -0.2) is 36.0 Å². The largest absolute Gasteiger partial charge is 0.507 e. The Morgan fingerprint density at radius 1 is 1.00 bits per heavy atom. The van der Waals surface area contributed by atoms with Crippen LogP contribution in [-0.2, 0) is 10.3 Å². The SMILES string of the molecule is COc1ccc(O)c(-c2cccc(C3(c4ccccc4)N=C(N)N(C)C3=O)c2)c1. The van der Waals surface area contributed by atoms with Gasteiger partial charge in [-0.2, -0.15) is 0 Å². The number of guanidine groups is 1. The number of rotatable bonds is 4. The minimum atomic E-state index is -1.27. The van der Waals surface area contributed by atoms with E-state index in [1.165, 1.54) is 4.90 Å². The Kier molecular flexibility index (Phi) is 4.47. The van der Waals surface area contributed by atoms with Gasteiger partial charge in [-0.1, -0.05) is 48.5 Å². The highest BCUT2D eigenvalue weighted by atomic mass is 16.5. The molecule has 3 N–H and O–H groups in total. The number of methoxy groups -OCH3 is 1. The molecule has 0 fully saturated rings. The summed E-state index contributed by atoms with van der Waals surface area (Å²) in [6, 6.07) is 21.8. The minimum Gasteiger partial charge on any atom is -0.507 e. The maximum atomic E-state index is 13.3. The van der Waals surface area contributed by atoms with Crippen LogP contribution in [0.1, 0.15) is 11.1 Å². The van der Waals surface area contributed by atoms with Crippen LogP contribution >= 0.6 is 0 Å². The zero-order chi connectivity index (χ0) is 20.6. The number of carbonyl (C=O) groups excluding carboxylic acids is 1. The molecule has 4 rings (SSSR count). The van der Waals surface area contributed by atoms with E-state index in [1.54, 1.807) is 32.4 Å². The van der Waals surface area contributed by atoms with E-state index in [4.69, 9.17) is 10.5 Å². The molecule has 146 valence electrons. The summed E-state index contributed by atoms with van der Waals surface area (Å²) in [5, 5.41) is 10.4. The third kappa shape index (κ3) is 2.89. The molecule has 1 unspecified atom stereocenters. The second-order valence-corrected chi connectivity index (χ2v) is 6.87. The molecule has 3 aromatic rings. The normalized spacial score (nSPS) is 18.6. The number of amides is 1. The Balaban J connectivity index is 1.93. The van der Waals surface area contributed by atoms with Crippen molar-refractivity contribution in [3.05, 3.63) is 83.9 Å². The first-order chi connectivity index (χ1) is 14.0. The van der Waals surface area contributed by atoms with Crippen molar-refractivity contribution in [1.29, 1.82) is 0 Å². The summed E-state index contributed by atoms with van der Waals surface area (Å²) >= 11 is 0. The molecule has 1 aliphatic heterocycles. The van der Waals surface area contributed by atoms with Gasteiger partial charge in [0.05, 0.1) is 7.11 Å². The van der Waals surface area contributed by atoms with E-state index < -0.39 is 5.54 Å². The molecule has 0 radical (unpaired) electrons. The maximum Gasteiger partial charge on any atom is 0.266 e. The van der Waals surface area contributed by atoms with Gasteiger partial charge < -0.3 is 15.6 Å². The van der Waals surface area contributed by atoms with Crippen molar-refractivity contribution in [2.45, 2.75) is 5.54 Å². The molecule has 0 saturated heterocycles. The number of nitrogens with zero attached hydrogens (tertiary/aromatic N) is 2. The molecular formula is C23H21N3O3. The number of nitrogens with two attached hydrogens (primary N) is 1. The van der Waals surface area contributed by atoms with E-state index in [2.05, 4.69) is 4.99 Å². The molecule has 1 atom stereocenters. The van der Waals surface area contributed by atoms with Gasteiger partial charge in [-0.05, 0) is 41.0 Å². The van der Waals surface area contributed by atoms with Gasteiger partial charge in [0.15, 0.2) is 11.5 Å². The van der Waals surface area contributed by atoms with Crippen molar-refractivity contribution in [1.82, 2.24) is 4.90 Å². The number of phenolic OH excluding ortho intramolecular Hbond substituents is 1. The Hall–Kier alpha value is -3.80. The molecule has 0 aliphatic carbocycles. The zero-order valence-electron chi connectivity index (χ0n) is 16.2. The smallest absolute Gasteiger partial charge is 0.266 e. The van der Waals surface area contributed by atoms with E-state index in [1.807, 2.05) is 54.6 Å². The fourth-order valence-corrected chi connectivity index (χ4v) is 3.65. The van der Waals surface area contributed by atoms with Crippen LogP contribution in [0, 0.1) is 0 Å². The lowest BCUT2D eigenvalue weighted by atomic mass is 9.81. The quantitative estimate of drug-likeness (QED) is 0.720. The second kappa shape index (κ2) is 6.98. The molecule has 1 amide bonds. The molecule has 3 aromatic carbocycles. The van der Waals surface area contributed by atoms with Gasteiger partial charge in [0.25, 0.3) is 5.91 Å². The summed E-state index contributed by atoms with van der Waals surface area (Å²) in [5.41, 5.74) is 7.49. The fourth-order valence-electron chi connectivity index (χ4n) is 3.65. The lowest BCUT2D eigenvalue weighted by Gasteiger charge is -2.26. The molecule has 0 spiro atoms. The number of aromatic hydroxyl groups is 1. The van der Waals surface area contributed by atoms with Gasteiger partial charge in [0, 0.05) is 12.6 Å². The van der Waals surface area contributed by atoms with Crippen LogP contribution < -0.4 is 10.5 Å². The molecule has 0 saturated carbocycles. The van der Waals surface area contributed by atoms with Crippen molar-refractivity contribution in [2.24, 2.45) is 10.7 Å². The Morgan fingerprint density at radius 2 is 1.72 bits per heavy atom. The molecule has 1 aliphatic rings. The summed E-state index contributed by atoms with van der Waals surface area (Å²) < 4.78 is 5.29. The number of ether oxygens (including phenoxy) is 1. The van der Waals surface area contributed by atoms with Gasteiger partial charge in [-0.3, -0.25) is 9.69 Å². The van der Waals surface area contributed by atoms with Gasteiger partial charge >= 0.3 is 0 Å². The average molecular weight is 387 g/mol. The monoisotopic (exact) mass is 387 g/mol. The lowest BCUT2D eigenvalue weighted by molar-refractivity contribution is -0.129. The number of hydrogen-bond acceptors (Lipinski definition) is 5. The van der Waals surface area contributed by atoms with Crippen LogP contribution in [0.25, 0.3) is 11.1 Å². The number of phenols is 1. The number of carbonyl (C=O) groups is 1. The van der Waals surface area contributed by atoms with Crippen molar-refractivity contribution < 1.29 is 14.6 Å².